The maximum absolute atomic E-state index is 13.4. The number of amides is 1. The van der Waals surface area contributed by atoms with Crippen molar-refractivity contribution in [2.75, 3.05) is 18.4 Å². The molecule has 0 unspecified atom stereocenters. The lowest BCUT2D eigenvalue weighted by Crippen LogP contribution is -2.39. The van der Waals surface area contributed by atoms with Crippen molar-refractivity contribution in [2.24, 2.45) is 5.92 Å². The van der Waals surface area contributed by atoms with Gasteiger partial charge in [-0.3, -0.25) is 4.79 Å². The summed E-state index contributed by atoms with van der Waals surface area (Å²) >= 11 is 6.32. The number of pyridine rings is 2. The number of likely N-dealkylation sites (tertiary alicyclic amines) is 1. The molecule has 1 N–H and O–H groups in total. The van der Waals surface area contributed by atoms with Gasteiger partial charge in [0, 0.05) is 41.1 Å². The molecule has 0 bridgehead atoms. The minimum Gasteiger partial charge on any atom is -0.354 e. The van der Waals surface area contributed by atoms with E-state index in [4.69, 9.17) is 11.6 Å². The Morgan fingerprint density at radius 1 is 1.24 bits per heavy atom. The molecule has 1 fully saturated rings. The number of hydrogen-bond acceptors (Lipinski definition) is 4. The summed E-state index contributed by atoms with van der Waals surface area (Å²) in [6.45, 7) is 7.65. The number of hydrogen-bond donors (Lipinski definition) is 1. The van der Waals surface area contributed by atoms with Crippen LogP contribution in [0.15, 0.2) is 36.5 Å². The summed E-state index contributed by atoms with van der Waals surface area (Å²) in [7, 11) is 0. The van der Waals surface area contributed by atoms with Gasteiger partial charge in [-0.25, -0.2) is 9.97 Å². The Kier molecular flexibility index (Phi) is 5.41. The van der Waals surface area contributed by atoms with Gasteiger partial charge in [0.15, 0.2) is 5.65 Å². The number of nitrogens with one attached hydrogen (secondary N) is 1. The van der Waals surface area contributed by atoms with Crippen molar-refractivity contribution < 1.29 is 4.79 Å². The van der Waals surface area contributed by atoms with Crippen LogP contribution in [0.4, 0.5) is 11.4 Å². The van der Waals surface area contributed by atoms with Crippen LogP contribution in [0.2, 0.25) is 5.02 Å². The highest BCUT2D eigenvalue weighted by atomic mass is 35.5. The number of halogens is 1. The predicted octanol–water partition coefficient (Wildman–Crippen LogP) is 5.52. The fourth-order valence-electron chi connectivity index (χ4n) is 3.83. The third kappa shape index (κ3) is 4.06. The van der Waals surface area contributed by atoms with Crippen LogP contribution in [-0.2, 0) is 0 Å². The van der Waals surface area contributed by atoms with Crippen molar-refractivity contribution in [3.05, 3.63) is 58.4 Å². The number of carbonyl (C=O) groups is 1. The molecule has 0 spiro atoms. The quantitative estimate of drug-likeness (QED) is 0.620. The normalized spacial score (nSPS) is 16.8. The van der Waals surface area contributed by atoms with Crippen LogP contribution in [0.5, 0.6) is 0 Å². The van der Waals surface area contributed by atoms with Gasteiger partial charge in [0.05, 0.1) is 11.3 Å². The Morgan fingerprint density at radius 3 is 2.83 bits per heavy atom. The van der Waals surface area contributed by atoms with Crippen LogP contribution in [0, 0.1) is 19.8 Å². The van der Waals surface area contributed by atoms with Gasteiger partial charge in [-0.2, -0.15) is 0 Å². The minimum absolute atomic E-state index is 0.00670. The number of piperidine rings is 1. The number of fused-ring (bicyclic) bond motifs is 1. The van der Waals surface area contributed by atoms with Crippen LogP contribution >= 0.6 is 11.6 Å². The number of rotatable bonds is 3. The highest BCUT2D eigenvalue weighted by Gasteiger charge is 2.25. The van der Waals surface area contributed by atoms with Crippen LogP contribution in [-0.4, -0.2) is 33.9 Å². The predicted molar refractivity (Wildman–Crippen MR) is 118 cm³/mol. The molecule has 150 valence electrons. The Balaban J connectivity index is 1.80. The third-order valence-corrected chi connectivity index (χ3v) is 5.89. The standard InChI is InChI=1S/C23H25ClN4O/c1-14-5-4-10-28(13-14)23(29)19-12-25-22-18(9-7-16(3)26-22)21(19)27-17-8-6-15(2)20(24)11-17/h6-9,11-12,14H,4-5,10,13H2,1-3H3,(H,25,26,27)/t14-/m0/s1. The van der Waals surface area contributed by atoms with Gasteiger partial charge >= 0.3 is 0 Å². The monoisotopic (exact) mass is 408 g/mol. The van der Waals surface area contributed by atoms with Crippen molar-refractivity contribution in [1.82, 2.24) is 14.9 Å². The van der Waals surface area contributed by atoms with Gasteiger partial charge in [0.25, 0.3) is 5.91 Å². The summed E-state index contributed by atoms with van der Waals surface area (Å²) in [4.78, 5) is 24.3. The van der Waals surface area contributed by atoms with E-state index >= 15 is 0 Å². The molecular weight excluding hydrogens is 384 g/mol. The van der Waals surface area contributed by atoms with Crippen molar-refractivity contribution >= 4 is 39.9 Å². The lowest BCUT2D eigenvalue weighted by atomic mass is 9.99. The molecule has 6 heteroatoms. The molecule has 3 aromatic rings. The number of nitrogens with zero attached hydrogens (tertiary/aromatic N) is 3. The Hall–Kier alpha value is -2.66. The zero-order valence-electron chi connectivity index (χ0n) is 17.0. The molecule has 0 aliphatic carbocycles. The highest BCUT2D eigenvalue weighted by molar-refractivity contribution is 6.31. The Bertz CT molecular complexity index is 1080. The summed E-state index contributed by atoms with van der Waals surface area (Å²) < 4.78 is 0. The number of anilines is 2. The fraction of sp³-hybridized carbons (Fsp3) is 0.348. The zero-order chi connectivity index (χ0) is 20.5. The SMILES string of the molecule is Cc1ccc2c(Nc3ccc(C)c(Cl)c3)c(C(=O)N3CCC[C@H](C)C3)cnc2n1. The second-order valence-corrected chi connectivity index (χ2v) is 8.37. The molecule has 1 saturated heterocycles. The van der Waals surface area contributed by atoms with Crippen molar-refractivity contribution in [1.29, 1.82) is 0 Å². The largest absolute Gasteiger partial charge is 0.354 e. The molecular formula is C23H25ClN4O. The second kappa shape index (κ2) is 7.99. The topological polar surface area (TPSA) is 58.1 Å². The van der Waals surface area contributed by atoms with Crippen LogP contribution in [0.25, 0.3) is 11.0 Å². The molecule has 5 nitrogen and oxygen atoms in total. The molecule has 1 aliphatic heterocycles. The zero-order valence-corrected chi connectivity index (χ0v) is 17.8. The van der Waals surface area contributed by atoms with Crippen molar-refractivity contribution in [2.45, 2.75) is 33.6 Å². The summed E-state index contributed by atoms with van der Waals surface area (Å²) in [6, 6.07) is 9.71. The average molecular weight is 409 g/mol. The van der Waals surface area contributed by atoms with E-state index in [1.54, 1.807) is 6.20 Å². The molecule has 2 aromatic heterocycles. The van der Waals surface area contributed by atoms with E-state index < -0.39 is 0 Å². The van der Waals surface area contributed by atoms with E-state index in [0.29, 0.717) is 22.2 Å². The van der Waals surface area contributed by atoms with Gasteiger partial charge < -0.3 is 10.2 Å². The molecule has 1 aliphatic rings. The van der Waals surface area contributed by atoms with Crippen molar-refractivity contribution in [3.8, 4) is 0 Å². The lowest BCUT2D eigenvalue weighted by molar-refractivity contribution is 0.0684. The Morgan fingerprint density at radius 2 is 2.07 bits per heavy atom. The van der Waals surface area contributed by atoms with E-state index in [1.165, 1.54) is 0 Å². The smallest absolute Gasteiger partial charge is 0.257 e. The van der Waals surface area contributed by atoms with Gasteiger partial charge in [-0.15, -0.1) is 0 Å². The molecule has 1 amide bonds. The second-order valence-electron chi connectivity index (χ2n) is 7.96. The minimum atomic E-state index is 0.00670. The van der Waals surface area contributed by atoms with Crippen LogP contribution in [0.1, 0.15) is 41.4 Å². The molecule has 1 atom stereocenters. The van der Waals surface area contributed by atoms with Crippen molar-refractivity contribution in [3.63, 3.8) is 0 Å². The maximum Gasteiger partial charge on any atom is 0.257 e. The van der Waals surface area contributed by atoms with Gasteiger partial charge in [0.2, 0.25) is 0 Å². The number of carbonyl (C=O) groups excluding carboxylic acids is 1. The summed E-state index contributed by atoms with van der Waals surface area (Å²) in [6.07, 6.45) is 3.84. The summed E-state index contributed by atoms with van der Waals surface area (Å²) in [5.41, 5.74) is 4.63. The number of aryl methyl sites for hydroxylation is 2. The first-order valence-electron chi connectivity index (χ1n) is 10.0. The highest BCUT2D eigenvalue weighted by Crippen LogP contribution is 2.32. The average Bonchev–Trinajstić information content (AvgIpc) is 2.70. The third-order valence-electron chi connectivity index (χ3n) is 5.48. The lowest BCUT2D eigenvalue weighted by Gasteiger charge is -2.31. The van der Waals surface area contributed by atoms with E-state index in [-0.39, 0.29) is 5.91 Å². The molecule has 0 radical (unpaired) electrons. The first-order chi connectivity index (χ1) is 13.9. The van der Waals surface area contributed by atoms with Crippen LogP contribution < -0.4 is 5.32 Å². The number of benzene rings is 1. The molecule has 0 saturated carbocycles. The summed E-state index contributed by atoms with van der Waals surface area (Å²) in [5.74, 6) is 0.518. The van der Waals surface area contributed by atoms with E-state index in [1.807, 2.05) is 49.1 Å². The maximum atomic E-state index is 13.4. The molecule has 3 heterocycles. The van der Waals surface area contributed by atoms with Gasteiger partial charge in [-0.1, -0.05) is 24.6 Å². The van der Waals surface area contributed by atoms with Crippen LogP contribution in [0.3, 0.4) is 0 Å². The number of aromatic nitrogens is 2. The molecule has 29 heavy (non-hydrogen) atoms. The molecule has 1 aromatic carbocycles. The molecule has 4 rings (SSSR count). The first-order valence-corrected chi connectivity index (χ1v) is 10.4. The first kappa shape index (κ1) is 19.6. The summed E-state index contributed by atoms with van der Waals surface area (Å²) in [5, 5.41) is 4.93. The van der Waals surface area contributed by atoms with E-state index in [9.17, 15) is 4.79 Å². The van der Waals surface area contributed by atoms with E-state index in [2.05, 4.69) is 22.2 Å². The fourth-order valence-corrected chi connectivity index (χ4v) is 4.01. The van der Waals surface area contributed by atoms with Gasteiger partial charge in [-0.05, 0) is 62.4 Å². The van der Waals surface area contributed by atoms with E-state index in [0.717, 1.165) is 53.9 Å². The Labute approximate surface area is 176 Å². The van der Waals surface area contributed by atoms with Gasteiger partial charge in [0.1, 0.15) is 0 Å².